The second-order valence-electron chi connectivity index (χ2n) is 6.69. The average Bonchev–Trinajstić information content (AvgIpc) is 3.09. The summed E-state index contributed by atoms with van der Waals surface area (Å²) in [5.41, 5.74) is 4.26. The summed E-state index contributed by atoms with van der Waals surface area (Å²) in [5.74, 6) is -0.602. The lowest BCUT2D eigenvalue weighted by Gasteiger charge is -2.16. The summed E-state index contributed by atoms with van der Waals surface area (Å²) >= 11 is 0. The van der Waals surface area contributed by atoms with E-state index in [2.05, 4.69) is 10.3 Å². The zero-order chi connectivity index (χ0) is 19.2. The highest BCUT2D eigenvalue weighted by molar-refractivity contribution is 5.87. The molecule has 0 aliphatic heterocycles. The first-order valence-corrected chi connectivity index (χ1v) is 9.04. The average molecular weight is 364 g/mol. The second kappa shape index (κ2) is 8.54. The van der Waals surface area contributed by atoms with Crippen LogP contribution in [-0.2, 0) is 27.2 Å². The number of para-hydroxylation sites is 1. The van der Waals surface area contributed by atoms with Crippen molar-refractivity contribution in [2.75, 3.05) is 7.11 Å². The number of methoxy groups -OCH3 is 1. The van der Waals surface area contributed by atoms with E-state index in [0.717, 1.165) is 22.0 Å². The molecular weight excluding hydrogens is 340 g/mol. The maximum absolute atomic E-state index is 12.4. The Kier molecular flexibility index (Phi) is 5.91. The second-order valence-corrected chi connectivity index (χ2v) is 6.69. The summed E-state index contributed by atoms with van der Waals surface area (Å²) in [6, 6.07) is 15.3. The molecule has 5 heteroatoms. The van der Waals surface area contributed by atoms with Gasteiger partial charge in [0.15, 0.2) is 0 Å². The summed E-state index contributed by atoms with van der Waals surface area (Å²) in [6.07, 6.45) is 3.21. The molecule has 5 nitrogen and oxygen atoms in total. The van der Waals surface area contributed by atoms with Gasteiger partial charge in [0, 0.05) is 29.9 Å². The minimum Gasteiger partial charge on any atom is -0.467 e. The van der Waals surface area contributed by atoms with Gasteiger partial charge < -0.3 is 15.0 Å². The zero-order valence-corrected chi connectivity index (χ0v) is 15.6. The molecule has 2 aromatic carbocycles. The number of aromatic amines is 1. The molecule has 0 fully saturated rings. The third-order valence-electron chi connectivity index (χ3n) is 4.68. The summed E-state index contributed by atoms with van der Waals surface area (Å²) in [6.45, 7) is 2.03. The molecule has 0 radical (unpaired) electrons. The van der Waals surface area contributed by atoms with Crippen LogP contribution in [0.3, 0.4) is 0 Å². The van der Waals surface area contributed by atoms with Crippen molar-refractivity contribution in [3.05, 3.63) is 71.4 Å². The van der Waals surface area contributed by atoms with Crippen molar-refractivity contribution >= 4 is 22.8 Å². The van der Waals surface area contributed by atoms with Crippen LogP contribution in [0.4, 0.5) is 0 Å². The van der Waals surface area contributed by atoms with Gasteiger partial charge in [-0.3, -0.25) is 4.79 Å². The van der Waals surface area contributed by atoms with Crippen molar-refractivity contribution in [1.29, 1.82) is 0 Å². The lowest BCUT2D eigenvalue weighted by atomic mass is 10.0. The van der Waals surface area contributed by atoms with E-state index in [1.807, 2.05) is 61.7 Å². The fourth-order valence-corrected chi connectivity index (χ4v) is 3.14. The molecule has 0 aliphatic carbocycles. The Hall–Kier alpha value is -3.08. The van der Waals surface area contributed by atoms with E-state index < -0.39 is 12.0 Å². The molecule has 3 rings (SSSR count). The Morgan fingerprint density at radius 1 is 1.11 bits per heavy atom. The number of rotatable bonds is 7. The van der Waals surface area contributed by atoms with Crippen molar-refractivity contribution in [2.45, 2.75) is 32.2 Å². The van der Waals surface area contributed by atoms with Crippen molar-refractivity contribution in [3.8, 4) is 0 Å². The van der Waals surface area contributed by atoms with Crippen LogP contribution in [0.2, 0.25) is 0 Å². The number of hydrogen-bond donors (Lipinski definition) is 2. The Morgan fingerprint density at radius 2 is 1.85 bits per heavy atom. The van der Waals surface area contributed by atoms with E-state index in [-0.39, 0.29) is 5.91 Å². The Labute approximate surface area is 158 Å². The van der Waals surface area contributed by atoms with Crippen LogP contribution in [0, 0.1) is 6.92 Å². The number of aryl methyl sites for hydroxylation is 2. The SMILES string of the molecule is COC(=O)[C@@H](Cc1c[nH]c2ccccc12)NC(=O)CCc1ccc(C)cc1. The van der Waals surface area contributed by atoms with Crippen LogP contribution in [0.15, 0.2) is 54.7 Å². The highest BCUT2D eigenvalue weighted by Gasteiger charge is 2.23. The lowest BCUT2D eigenvalue weighted by molar-refractivity contribution is -0.145. The van der Waals surface area contributed by atoms with Crippen LogP contribution in [-0.4, -0.2) is 30.0 Å². The van der Waals surface area contributed by atoms with Crippen molar-refractivity contribution in [3.63, 3.8) is 0 Å². The molecule has 1 amide bonds. The fourth-order valence-electron chi connectivity index (χ4n) is 3.14. The van der Waals surface area contributed by atoms with Crippen LogP contribution >= 0.6 is 0 Å². The van der Waals surface area contributed by atoms with Gasteiger partial charge in [-0.15, -0.1) is 0 Å². The molecule has 27 heavy (non-hydrogen) atoms. The molecule has 0 unspecified atom stereocenters. The number of amides is 1. The van der Waals surface area contributed by atoms with E-state index in [1.54, 1.807) is 0 Å². The number of ether oxygens (including phenoxy) is 1. The molecule has 2 N–H and O–H groups in total. The fraction of sp³-hybridized carbons (Fsp3) is 0.273. The first kappa shape index (κ1) is 18.7. The molecule has 0 saturated carbocycles. The number of esters is 1. The van der Waals surface area contributed by atoms with Gasteiger partial charge in [0.05, 0.1) is 7.11 Å². The van der Waals surface area contributed by atoms with Crippen LogP contribution in [0.25, 0.3) is 10.9 Å². The Balaban J connectivity index is 1.65. The number of hydrogen-bond acceptors (Lipinski definition) is 3. The molecule has 140 valence electrons. The van der Waals surface area contributed by atoms with Gasteiger partial charge in [-0.2, -0.15) is 0 Å². The molecule has 1 atom stereocenters. The third-order valence-corrected chi connectivity index (χ3v) is 4.68. The molecular formula is C22H24N2O3. The van der Waals surface area contributed by atoms with Gasteiger partial charge >= 0.3 is 5.97 Å². The largest absolute Gasteiger partial charge is 0.467 e. The number of fused-ring (bicyclic) bond motifs is 1. The van der Waals surface area contributed by atoms with Gasteiger partial charge in [-0.25, -0.2) is 4.79 Å². The number of aromatic nitrogens is 1. The summed E-state index contributed by atoms with van der Waals surface area (Å²) in [5, 5.41) is 3.87. The van der Waals surface area contributed by atoms with Crippen LogP contribution < -0.4 is 5.32 Å². The van der Waals surface area contributed by atoms with Gasteiger partial charge in [0.25, 0.3) is 0 Å². The first-order chi connectivity index (χ1) is 13.1. The predicted molar refractivity (Wildman–Crippen MR) is 105 cm³/mol. The van der Waals surface area contributed by atoms with Crippen LogP contribution in [0.5, 0.6) is 0 Å². The minimum absolute atomic E-state index is 0.161. The third kappa shape index (κ3) is 4.76. The summed E-state index contributed by atoms with van der Waals surface area (Å²) in [4.78, 5) is 27.7. The highest BCUT2D eigenvalue weighted by Crippen LogP contribution is 2.19. The molecule has 3 aromatic rings. The predicted octanol–water partition coefficient (Wildman–Crippen LogP) is 3.31. The Morgan fingerprint density at radius 3 is 2.59 bits per heavy atom. The Bertz CT molecular complexity index is 928. The molecule has 0 spiro atoms. The smallest absolute Gasteiger partial charge is 0.328 e. The molecule has 1 heterocycles. The molecule has 1 aromatic heterocycles. The van der Waals surface area contributed by atoms with Crippen LogP contribution in [0.1, 0.15) is 23.1 Å². The number of H-pyrrole nitrogens is 1. The summed E-state index contributed by atoms with van der Waals surface area (Å²) < 4.78 is 4.89. The van der Waals surface area contributed by atoms with E-state index in [1.165, 1.54) is 12.7 Å². The number of carbonyl (C=O) groups is 2. The number of nitrogens with one attached hydrogen (secondary N) is 2. The van der Waals surface area contributed by atoms with E-state index in [4.69, 9.17) is 4.74 Å². The topological polar surface area (TPSA) is 71.2 Å². The van der Waals surface area contributed by atoms with Crippen molar-refractivity contribution in [2.24, 2.45) is 0 Å². The van der Waals surface area contributed by atoms with Crippen molar-refractivity contribution in [1.82, 2.24) is 10.3 Å². The highest BCUT2D eigenvalue weighted by atomic mass is 16.5. The van der Waals surface area contributed by atoms with Gasteiger partial charge in [0.1, 0.15) is 6.04 Å². The van der Waals surface area contributed by atoms with Gasteiger partial charge in [-0.05, 0) is 30.5 Å². The first-order valence-electron chi connectivity index (χ1n) is 9.04. The van der Waals surface area contributed by atoms with Crippen molar-refractivity contribution < 1.29 is 14.3 Å². The molecule has 0 saturated heterocycles. The van der Waals surface area contributed by atoms with Gasteiger partial charge in [0.2, 0.25) is 5.91 Å². The summed E-state index contributed by atoms with van der Waals surface area (Å²) in [7, 11) is 1.34. The molecule has 0 aliphatic rings. The maximum Gasteiger partial charge on any atom is 0.328 e. The van der Waals surface area contributed by atoms with E-state index in [9.17, 15) is 9.59 Å². The standard InChI is InChI=1S/C22H24N2O3/c1-15-7-9-16(10-8-15)11-12-21(25)24-20(22(26)27-2)13-17-14-23-19-6-4-3-5-18(17)19/h3-10,14,20,23H,11-13H2,1-2H3,(H,24,25)/t20-/m1/s1. The number of carbonyl (C=O) groups excluding carboxylic acids is 2. The van der Waals surface area contributed by atoms with E-state index in [0.29, 0.717) is 19.3 Å². The lowest BCUT2D eigenvalue weighted by Crippen LogP contribution is -2.43. The van der Waals surface area contributed by atoms with E-state index >= 15 is 0 Å². The van der Waals surface area contributed by atoms with Gasteiger partial charge in [-0.1, -0.05) is 48.0 Å². The molecule has 0 bridgehead atoms. The quantitative estimate of drug-likeness (QED) is 0.632. The zero-order valence-electron chi connectivity index (χ0n) is 15.6. The monoisotopic (exact) mass is 364 g/mol. The normalized spacial score (nSPS) is 11.9. The minimum atomic E-state index is -0.709. The maximum atomic E-state index is 12.4. The number of benzene rings is 2.